The van der Waals surface area contributed by atoms with Gasteiger partial charge in [-0.2, -0.15) is 0 Å². The molecule has 1 heterocycles. The van der Waals surface area contributed by atoms with Gasteiger partial charge in [-0.3, -0.25) is 0 Å². The lowest BCUT2D eigenvalue weighted by atomic mass is 9.65. The third-order valence-corrected chi connectivity index (χ3v) is 17.7. The average molecular weight is 785 g/mol. The van der Waals surface area contributed by atoms with Crippen LogP contribution in [0.4, 0.5) is 34.1 Å². The summed E-state index contributed by atoms with van der Waals surface area (Å²) in [7, 11) is -1.76. The predicted octanol–water partition coefficient (Wildman–Crippen LogP) is 14.7. The summed E-state index contributed by atoms with van der Waals surface area (Å²) in [5.41, 5.74) is 14.4. The fraction of sp³-hybridized carbons (Fsp3) is 0.250. The number of rotatable bonds is 9. The number of anilines is 6. The van der Waals surface area contributed by atoms with Crippen LogP contribution in [-0.4, -0.2) is 8.07 Å². The molecule has 10 rings (SSSR count). The van der Waals surface area contributed by atoms with Crippen LogP contribution in [0.2, 0.25) is 13.1 Å². The number of fused-ring (bicyclic) bond motifs is 3. The van der Waals surface area contributed by atoms with Crippen molar-refractivity contribution in [1.29, 1.82) is 0 Å². The molecule has 1 aliphatic heterocycles. The van der Waals surface area contributed by atoms with Crippen LogP contribution in [-0.2, 0) is 5.41 Å². The van der Waals surface area contributed by atoms with Crippen molar-refractivity contribution in [2.24, 2.45) is 0 Å². The molecular weight excluding hydrogens is 729 g/mol. The molecule has 0 spiro atoms. The largest absolute Gasteiger partial charge is 0.311 e. The first-order chi connectivity index (χ1) is 29.0. The topological polar surface area (TPSA) is 6.48 Å². The van der Waals surface area contributed by atoms with Crippen LogP contribution in [0.15, 0.2) is 176 Å². The Hall–Kier alpha value is -5.64. The zero-order valence-electron chi connectivity index (χ0n) is 34.8. The Kier molecular flexibility index (Phi) is 10.1. The van der Waals surface area contributed by atoms with Crippen molar-refractivity contribution >= 4 is 52.6 Å². The number of hydrogen-bond donors (Lipinski definition) is 0. The van der Waals surface area contributed by atoms with Crippen molar-refractivity contribution in [1.82, 2.24) is 0 Å². The molecule has 0 atom stereocenters. The van der Waals surface area contributed by atoms with Crippen molar-refractivity contribution in [3.63, 3.8) is 0 Å². The van der Waals surface area contributed by atoms with E-state index in [1.165, 1.54) is 126 Å². The Balaban J connectivity index is 1.02. The number of para-hydroxylation sites is 2. The van der Waals surface area contributed by atoms with Gasteiger partial charge in [-0.15, -0.1) is 0 Å². The smallest absolute Gasteiger partial charge is 0.113 e. The third kappa shape index (κ3) is 6.94. The lowest BCUT2D eigenvalue weighted by Gasteiger charge is -2.39. The summed E-state index contributed by atoms with van der Waals surface area (Å²) in [5, 5.41) is 3.10. The van der Waals surface area contributed by atoms with Gasteiger partial charge in [0, 0.05) is 39.5 Å². The second-order valence-electron chi connectivity index (χ2n) is 17.9. The zero-order valence-corrected chi connectivity index (χ0v) is 35.8. The average Bonchev–Trinajstić information content (AvgIpc) is 3.53. The molecule has 59 heavy (non-hydrogen) atoms. The molecular formula is C56H56N2Si. The van der Waals surface area contributed by atoms with Gasteiger partial charge in [-0.05, 0) is 143 Å². The fourth-order valence-corrected chi connectivity index (χ4v) is 14.1. The van der Waals surface area contributed by atoms with E-state index in [9.17, 15) is 0 Å². The molecule has 0 N–H and O–H groups in total. The van der Waals surface area contributed by atoms with Crippen molar-refractivity contribution in [2.75, 3.05) is 9.80 Å². The van der Waals surface area contributed by atoms with E-state index in [2.05, 4.69) is 199 Å². The molecule has 3 aliphatic rings. The first-order valence-electron chi connectivity index (χ1n) is 22.3. The molecule has 3 heteroatoms. The summed E-state index contributed by atoms with van der Waals surface area (Å²) in [6, 6.07) is 66.8. The third-order valence-electron chi connectivity index (χ3n) is 14.1. The van der Waals surface area contributed by atoms with Gasteiger partial charge in [-0.1, -0.05) is 155 Å². The second kappa shape index (κ2) is 15.8. The van der Waals surface area contributed by atoms with Gasteiger partial charge in [0.05, 0.1) is 0 Å². The minimum absolute atomic E-state index is 0.0143. The fourth-order valence-electron chi connectivity index (χ4n) is 11.0. The van der Waals surface area contributed by atoms with Crippen LogP contribution in [0.5, 0.6) is 0 Å². The van der Waals surface area contributed by atoms with Gasteiger partial charge < -0.3 is 9.80 Å². The van der Waals surface area contributed by atoms with Gasteiger partial charge in [-0.25, -0.2) is 0 Å². The van der Waals surface area contributed by atoms with Crippen molar-refractivity contribution in [2.45, 2.75) is 88.6 Å². The maximum absolute atomic E-state index is 2.51. The molecule has 0 saturated heterocycles. The summed E-state index contributed by atoms with van der Waals surface area (Å²) < 4.78 is 0. The second-order valence-corrected chi connectivity index (χ2v) is 22.2. The summed E-state index contributed by atoms with van der Waals surface area (Å²) in [4.78, 5) is 4.87. The van der Waals surface area contributed by atoms with Crippen LogP contribution in [0.1, 0.15) is 86.8 Å². The minimum atomic E-state index is -1.76. The summed E-state index contributed by atoms with van der Waals surface area (Å²) in [6.45, 7) is 5.02. The highest BCUT2D eigenvalue weighted by Gasteiger charge is 2.38. The van der Waals surface area contributed by atoms with Crippen LogP contribution in [0.25, 0.3) is 11.1 Å². The van der Waals surface area contributed by atoms with E-state index in [1.54, 1.807) is 10.4 Å². The monoisotopic (exact) mass is 784 g/mol. The summed E-state index contributed by atoms with van der Waals surface area (Å²) in [5.74, 6) is 0.690. The SMILES string of the molecule is C[Si]1(C)c2ccccc2-c2cc(N(c3ccc(C4CCCCC4)cc3)c3ccc(C4(c5ccc(N(c6ccccc6)c6ccccc6)cc5)CCCCC4)cc3)ccc21. The summed E-state index contributed by atoms with van der Waals surface area (Å²) in [6.07, 6.45) is 12.9. The normalized spacial score (nSPS) is 16.8. The molecule has 0 amide bonds. The van der Waals surface area contributed by atoms with E-state index in [4.69, 9.17) is 0 Å². The van der Waals surface area contributed by atoms with Gasteiger partial charge in [0.25, 0.3) is 0 Å². The predicted molar refractivity (Wildman–Crippen MR) is 254 cm³/mol. The maximum Gasteiger partial charge on any atom is 0.113 e. The van der Waals surface area contributed by atoms with E-state index in [0.717, 1.165) is 0 Å². The van der Waals surface area contributed by atoms with Gasteiger partial charge >= 0.3 is 0 Å². The zero-order chi connectivity index (χ0) is 39.8. The van der Waals surface area contributed by atoms with Crippen LogP contribution in [0.3, 0.4) is 0 Å². The molecule has 7 aromatic rings. The molecule has 2 saturated carbocycles. The minimum Gasteiger partial charge on any atom is -0.311 e. The van der Waals surface area contributed by atoms with E-state index in [0.29, 0.717) is 5.92 Å². The molecule has 2 nitrogen and oxygen atoms in total. The van der Waals surface area contributed by atoms with E-state index < -0.39 is 8.07 Å². The van der Waals surface area contributed by atoms with E-state index >= 15 is 0 Å². The molecule has 2 fully saturated rings. The van der Waals surface area contributed by atoms with E-state index in [-0.39, 0.29) is 5.41 Å². The van der Waals surface area contributed by atoms with Crippen molar-refractivity contribution in [3.8, 4) is 11.1 Å². The van der Waals surface area contributed by atoms with Crippen molar-refractivity contribution in [3.05, 3.63) is 193 Å². The lowest BCUT2D eigenvalue weighted by molar-refractivity contribution is 0.346. The lowest BCUT2D eigenvalue weighted by Crippen LogP contribution is -2.49. The number of hydrogen-bond acceptors (Lipinski definition) is 2. The Morgan fingerprint density at radius 3 is 1.42 bits per heavy atom. The Morgan fingerprint density at radius 1 is 0.407 bits per heavy atom. The first-order valence-corrected chi connectivity index (χ1v) is 25.3. The van der Waals surface area contributed by atoms with Crippen LogP contribution < -0.4 is 20.2 Å². The molecule has 0 bridgehead atoms. The van der Waals surface area contributed by atoms with Gasteiger partial charge in [0.2, 0.25) is 0 Å². The van der Waals surface area contributed by atoms with Gasteiger partial charge in [0.1, 0.15) is 8.07 Å². The molecule has 0 unspecified atom stereocenters. The maximum atomic E-state index is 2.51. The molecule has 0 aromatic heterocycles. The first kappa shape index (κ1) is 37.6. The Morgan fingerprint density at radius 2 is 0.847 bits per heavy atom. The molecule has 0 radical (unpaired) electrons. The highest BCUT2D eigenvalue weighted by molar-refractivity contribution is 7.03. The van der Waals surface area contributed by atoms with Crippen LogP contribution >= 0.6 is 0 Å². The molecule has 7 aromatic carbocycles. The van der Waals surface area contributed by atoms with Crippen LogP contribution in [0, 0.1) is 0 Å². The van der Waals surface area contributed by atoms with E-state index in [1.807, 2.05) is 0 Å². The van der Waals surface area contributed by atoms with Crippen molar-refractivity contribution < 1.29 is 0 Å². The molecule has 2 aliphatic carbocycles. The highest BCUT2D eigenvalue weighted by atomic mass is 28.3. The Bertz CT molecular complexity index is 2470. The van der Waals surface area contributed by atoms with Gasteiger partial charge in [0.15, 0.2) is 0 Å². The summed E-state index contributed by atoms with van der Waals surface area (Å²) >= 11 is 0. The quantitative estimate of drug-likeness (QED) is 0.135. The highest BCUT2D eigenvalue weighted by Crippen LogP contribution is 2.47. The molecule has 294 valence electrons. The number of benzene rings is 7. The standard InChI is InChI=1S/C56H56N2Si/c1-59(2)54-24-14-13-23-52(54)53-41-51(37-38-55(53)59)58(48-31-25-43(26-32-48)42-17-7-3-8-18-42)50-35-29-45(30-36-50)56(39-15-6-16-40-56)44-27-33-49(34-28-44)57(46-19-9-4-10-20-46)47-21-11-5-12-22-47/h4-5,9-14,19-38,41-42H,3,6-8,15-18,39-40H2,1-2H3. The number of nitrogens with zero attached hydrogens (tertiary/aromatic N) is 2. The Labute approximate surface area is 353 Å².